The zero-order chi connectivity index (χ0) is 20.1. The number of thiophene rings is 1. The SMILES string of the molecule is Cc1cc2nc(SCC(=O)NCCc3cccs3)n(CCC(C)C)c(=O)c2[nH]1. The third-order valence-corrected chi connectivity index (χ3v) is 6.29. The van der Waals surface area contributed by atoms with Crippen LogP contribution in [0.15, 0.2) is 33.5 Å². The Hall–Kier alpha value is -2.06. The van der Waals surface area contributed by atoms with Crippen LogP contribution in [0.4, 0.5) is 0 Å². The Morgan fingerprint density at radius 2 is 2.25 bits per heavy atom. The van der Waals surface area contributed by atoms with Gasteiger partial charge in [0.05, 0.1) is 11.3 Å². The Morgan fingerprint density at radius 1 is 1.43 bits per heavy atom. The van der Waals surface area contributed by atoms with Gasteiger partial charge < -0.3 is 10.3 Å². The maximum Gasteiger partial charge on any atom is 0.278 e. The number of hydrogen-bond acceptors (Lipinski definition) is 5. The highest BCUT2D eigenvalue weighted by Gasteiger charge is 2.15. The number of carbonyl (C=O) groups excluding carboxylic acids is 1. The fourth-order valence-corrected chi connectivity index (χ4v) is 4.43. The molecule has 2 N–H and O–H groups in total. The Morgan fingerprint density at radius 3 is 2.96 bits per heavy atom. The number of amides is 1. The number of aromatic amines is 1. The van der Waals surface area contributed by atoms with Gasteiger partial charge in [0.15, 0.2) is 5.16 Å². The lowest BCUT2D eigenvalue weighted by atomic mass is 10.1. The first-order valence-electron chi connectivity index (χ1n) is 9.46. The number of carbonyl (C=O) groups is 1. The third-order valence-electron chi connectivity index (χ3n) is 4.37. The maximum atomic E-state index is 12.9. The number of rotatable bonds is 9. The Balaban J connectivity index is 1.68. The van der Waals surface area contributed by atoms with Gasteiger partial charge >= 0.3 is 0 Å². The molecule has 1 amide bonds. The van der Waals surface area contributed by atoms with Crippen molar-refractivity contribution < 1.29 is 4.79 Å². The monoisotopic (exact) mass is 418 g/mol. The van der Waals surface area contributed by atoms with Gasteiger partial charge in [-0.2, -0.15) is 0 Å². The van der Waals surface area contributed by atoms with E-state index in [1.807, 2.05) is 24.4 Å². The minimum Gasteiger partial charge on any atom is -0.355 e. The first kappa shape index (κ1) is 20.7. The van der Waals surface area contributed by atoms with E-state index in [9.17, 15) is 9.59 Å². The van der Waals surface area contributed by atoms with E-state index in [1.165, 1.54) is 16.6 Å². The molecule has 28 heavy (non-hydrogen) atoms. The number of hydrogen-bond donors (Lipinski definition) is 2. The number of nitrogens with one attached hydrogen (secondary N) is 2. The molecule has 150 valence electrons. The molecule has 0 spiro atoms. The van der Waals surface area contributed by atoms with E-state index in [-0.39, 0.29) is 17.2 Å². The average molecular weight is 419 g/mol. The molecule has 3 aromatic heterocycles. The summed E-state index contributed by atoms with van der Waals surface area (Å²) in [4.78, 5) is 34.1. The highest BCUT2D eigenvalue weighted by molar-refractivity contribution is 7.99. The van der Waals surface area contributed by atoms with E-state index in [0.29, 0.717) is 35.2 Å². The molecule has 8 heteroatoms. The van der Waals surface area contributed by atoms with Crippen molar-refractivity contribution in [3.05, 3.63) is 44.5 Å². The summed E-state index contributed by atoms with van der Waals surface area (Å²) < 4.78 is 1.70. The first-order chi connectivity index (χ1) is 13.4. The maximum absolute atomic E-state index is 12.9. The van der Waals surface area contributed by atoms with Crippen LogP contribution in [0.1, 0.15) is 30.8 Å². The van der Waals surface area contributed by atoms with Gasteiger partial charge in [0.2, 0.25) is 5.91 Å². The van der Waals surface area contributed by atoms with Crippen molar-refractivity contribution in [3.63, 3.8) is 0 Å². The number of aryl methyl sites for hydroxylation is 1. The van der Waals surface area contributed by atoms with Crippen molar-refractivity contribution in [1.29, 1.82) is 0 Å². The lowest BCUT2D eigenvalue weighted by molar-refractivity contribution is -0.118. The first-order valence-corrected chi connectivity index (χ1v) is 11.3. The molecule has 0 aromatic carbocycles. The molecule has 6 nitrogen and oxygen atoms in total. The van der Waals surface area contributed by atoms with E-state index < -0.39 is 0 Å². The summed E-state index contributed by atoms with van der Waals surface area (Å²) >= 11 is 3.01. The molecule has 0 bridgehead atoms. The van der Waals surface area contributed by atoms with Gasteiger partial charge in [0.25, 0.3) is 5.56 Å². The smallest absolute Gasteiger partial charge is 0.278 e. The molecule has 0 aliphatic heterocycles. The lowest BCUT2D eigenvalue weighted by Gasteiger charge is -2.13. The Bertz CT molecular complexity index is 990. The minimum atomic E-state index is -0.0700. The molecular formula is C20H26N4O2S2. The molecule has 0 fully saturated rings. The Labute approximate surface area is 172 Å². The fraction of sp³-hybridized carbons (Fsp3) is 0.450. The van der Waals surface area contributed by atoms with E-state index in [0.717, 1.165) is 18.5 Å². The van der Waals surface area contributed by atoms with Crippen LogP contribution < -0.4 is 10.9 Å². The highest BCUT2D eigenvalue weighted by Crippen LogP contribution is 2.19. The molecule has 0 atom stereocenters. The number of aromatic nitrogens is 3. The summed E-state index contributed by atoms with van der Waals surface area (Å²) in [5.74, 6) is 0.677. The molecule has 0 aliphatic rings. The number of fused-ring (bicyclic) bond motifs is 1. The second kappa shape index (κ2) is 9.43. The fourth-order valence-electron chi connectivity index (χ4n) is 2.87. The second-order valence-corrected chi connectivity index (χ2v) is 9.19. The van der Waals surface area contributed by atoms with Crippen LogP contribution in [-0.2, 0) is 17.8 Å². The van der Waals surface area contributed by atoms with Gasteiger partial charge in [0, 0.05) is 23.7 Å². The third kappa shape index (κ3) is 5.26. The predicted molar refractivity (Wildman–Crippen MR) is 116 cm³/mol. The summed E-state index contributed by atoms with van der Waals surface area (Å²) in [6.45, 7) is 7.38. The topological polar surface area (TPSA) is 79.8 Å². The molecular weight excluding hydrogens is 392 g/mol. The average Bonchev–Trinajstić information content (AvgIpc) is 3.28. The van der Waals surface area contributed by atoms with Gasteiger partial charge in [0.1, 0.15) is 5.52 Å². The van der Waals surface area contributed by atoms with E-state index in [2.05, 4.69) is 35.2 Å². The molecule has 3 aromatic rings. The van der Waals surface area contributed by atoms with Gasteiger partial charge in [-0.25, -0.2) is 4.98 Å². The van der Waals surface area contributed by atoms with E-state index in [1.54, 1.807) is 15.9 Å². The highest BCUT2D eigenvalue weighted by atomic mass is 32.2. The molecule has 3 rings (SSSR count). The zero-order valence-electron chi connectivity index (χ0n) is 16.4. The molecule has 0 aliphatic carbocycles. The second-order valence-electron chi connectivity index (χ2n) is 7.21. The zero-order valence-corrected chi connectivity index (χ0v) is 18.1. The standard InChI is InChI=1S/C20H26N4O2S2/c1-13(2)7-9-24-19(26)18-16(11-14(3)22-18)23-20(24)28-12-17(25)21-8-6-15-5-4-10-27-15/h4-5,10-11,13,22H,6-9,12H2,1-3H3,(H,21,25). The molecule has 0 saturated carbocycles. The summed E-state index contributed by atoms with van der Waals surface area (Å²) in [5, 5.41) is 5.58. The quantitative estimate of drug-likeness (QED) is 0.411. The molecule has 0 saturated heterocycles. The normalized spacial score (nSPS) is 11.4. The van der Waals surface area contributed by atoms with Gasteiger partial charge in [-0.05, 0) is 43.2 Å². The summed E-state index contributed by atoms with van der Waals surface area (Å²) in [7, 11) is 0. The summed E-state index contributed by atoms with van der Waals surface area (Å²) in [5.41, 5.74) is 2.03. The molecule has 0 radical (unpaired) electrons. The van der Waals surface area contributed by atoms with Crippen molar-refractivity contribution in [1.82, 2.24) is 19.9 Å². The molecule has 3 heterocycles. The predicted octanol–water partition coefficient (Wildman–Crippen LogP) is 3.59. The van der Waals surface area contributed by atoms with Crippen LogP contribution in [0.5, 0.6) is 0 Å². The molecule has 0 unspecified atom stereocenters. The van der Waals surface area contributed by atoms with Crippen LogP contribution >= 0.6 is 23.1 Å². The van der Waals surface area contributed by atoms with E-state index in [4.69, 9.17) is 0 Å². The minimum absolute atomic E-state index is 0.0449. The summed E-state index contributed by atoms with van der Waals surface area (Å²) in [6, 6.07) is 5.95. The lowest BCUT2D eigenvalue weighted by Crippen LogP contribution is -2.28. The Kier molecular flexibility index (Phi) is 6.96. The van der Waals surface area contributed by atoms with Crippen molar-refractivity contribution in [2.75, 3.05) is 12.3 Å². The number of nitrogens with zero attached hydrogens (tertiary/aromatic N) is 2. The van der Waals surface area contributed by atoms with Crippen LogP contribution in [0.2, 0.25) is 0 Å². The van der Waals surface area contributed by atoms with Crippen molar-refractivity contribution >= 4 is 40.0 Å². The van der Waals surface area contributed by atoms with Crippen LogP contribution in [-0.4, -0.2) is 32.7 Å². The number of H-pyrrole nitrogens is 1. The largest absolute Gasteiger partial charge is 0.355 e. The van der Waals surface area contributed by atoms with Crippen LogP contribution in [0, 0.1) is 12.8 Å². The number of thioether (sulfide) groups is 1. The van der Waals surface area contributed by atoms with Gasteiger partial charge in [-0.15, -0.1) is 11.3 Å². The van der Waals surface area contributed by atoms with Gasteiger partial charge in [-0.1, -0.05) is 31.7 Å². The summed E-state index contributed by atoms with van der Waals surface area (Å²) in [6.07, 6.45) is 1.72. The van der Waals surface area contributed by atoms with Crippen LogP contribution in [0.3, 0.4) is 0 Å². The van der Waals surface area contributed by atoms with Gasteiger partial charge in [-0.3, -0.25) is 14.2 Å². The van der Waals surface area contributed by atoms with Crippen molar-refractivity contribution in [2.24, 2.45) is 5.92 Å². The van der Waals surface area contributed by atoms with Crippen molar-refractivity contribution in [3.8, 4) is 0 Å². The van der Waals surface area contributed by atoms with Crippen LogP contribution in [0.25, 0.3) is 11.0 Å². The van der Waals surface area contributed by atoms with Crippen molar-refractivity contribution in [2.45, 2.75) is 45.3 Å². The van der Waals surface area contributed by atoms with E-state index >= 15 is 0 Å².